The van der Waals surface area contributed by atoms with Crippen LogP contribution in [-0.4, -0.2) is 52.6 Å². The molecule has 3 heterocycles. The molecule has 120 valence electrons. The summed E-state index contributed by atoms with van der Waals surface area (Å²) in [5.41, 5.74) is 0. The molecule has 2 saturated heterocycles. The molecule has 2 atom stereocenters. The van der Waals surface area contributed by atoms with Gasteiger partial charge >= 0.3 is 6.03 Å². The summed E-state index contributed by atoms with van der Waals surface area (Å²) >= 11 is 0. The zero-order chi connectivity index (χ0) is 15.4. The second kappa shape index (κ2) is 6.94. The fraction of sp³-hybridized carbons (Fsp3) is 0.688. The summed E-state index contributed by atoms with van der Waals surface area (Å²) < 4.78 is 0. The van der Waals surface area contributed by atoms with Crippen LogP contribution in [0.15, 0.2) is 18.5 Å². The van der Waals surface area contributed by atoms with E-state index in [0.29, 0.717) is 6.04 Å². The van der Waals surface area contributed by atoms with Gasteiger partial charge in [-0.2, -0.15) is 0 Å². The molecule has 0 aliphatic carbocycles. The first-order chi connectivity index (χ1) is 10.7. The molecule has 0 saturated carbocycles. The summed E-state index contributed by atoms with van der Waals surface area (Å²) in [6.45, 7) is 4.77. The van der Waals surface area contributed by atoms with Crippen molar-refractivity contribution in [1.82, 2.24) is 20.2 Å². The summed E-state index contributed by atoms with van der Waals surface area (Å²) in [4.78, 5) is 25.3. The molecule has 0 radical (unpaired) electrons. The predicted octanol–water partition coefficient (Wildman–Crippen LogP) is 2.03. The minimum Gasteiger partial charge on any atom is -0.339 e. The normalized spacial score (nSPS) is 25.9. The highest BCUT2D eigenvalue weighted by Crippen LogP contribution is 2.18. The molecule has 2 aliphatic rings. The van der Waals surface area contributed by atoms with Crippen molar-refractivity contribution in [2.45, 2.75) is 51.1 Å². The Balaban J connectivity index is 1.57. The number of likely N-dealkylation sites (tertiary alicyclic amines) is 1. The van der Waals surface area contributed by atoms with Crippen molar-refractivity contribution in [1.29, 1.82) is 0 Å². The van der Waals surface area contributed by atoms with Crippen molar-refractivity contribution in [3.05, 3.63) is 18.5 Å². The Bertz CT molecular complexity index is 495. The highest BCUT2D eigenvalue weighted by molar-refractivity contribution is 5.75. The summed E-state index contributed by atoms with van der Waals surface area (Å²) in [6.07, 6.45) is 9.07. The van der Waals surface area contributed by atoms with Crippen molar-refractivity contribution in [3.8, 4) is 0 Å². The maximum Gasteiger partial charge on any atom is 0.317 e. The van der Waals surface area contributed by atoms with E-state index >= 15 is 0 Å². The van der Waals surface area contributed by atoms with Crippen molar-refractivity contribution < 1.29 is 4.79 Å². The lowest BCUT2D eigenvalue weighted by molar-refractivity contribution is 0.153. The van der Waals surface area contributed by atoms with Gasteiger partial charge in [0.1, 0.15) is 0 Å². The van der Waals surface area contributed by atoms with Crippen LogP contribution in [0.3, 0.4) is 0 Å². The number of aromatic nitrogens is 2. The van der Waals surface area contributed by atoms with Crippen molar-refractivity contribution >= 4 is 12.0 Å². The average molecular weight is 303 g/mol. The summed E-state index contributed by atoms with van der Waals surface area (Å²) in [6, 6.07) is 2.45. The quantitative estimate of drug-likeness (QED) is 0.908. The Morgan fingerprint density at radius 3 is 2.77 bits per heavy atom. The zero-order valence-corrected chi connectivity index (χ0v) is 13.2. The van der Waals surface area contributed by atoms with Crippen LogP contribution >= 0.6 is 0 Å². The monoisotopic (exact) mass is 303 g/mol. The van der Waals surface area contributed by atoms with Gasteiger partial charge in [-0.25, -0.2) is 14.8 Å². The number of hydrogen-bond acceptors (Lipinski definition) is 4. The molecule has 0 bridgehead atoms. The van der Waals surface area contributed by atoms with Crippen LogP contribution in [0.25, 0.3) is 0 Å². The van der Waals surface area contributed by atoms with Gasteiger partial charge in [0.05, 0.1) is 0 Å². The third-order valence-electron chi connectivity index (χ3n) is 4.65. The maximum absolute atomic E-state index is 12.5. The number of rotatable bonds is 2. The first kappa shape index (κ1) is 15.1. The second-order valence-electron chi connectivity index (χ2n) is 6.32. The standard InChI is InChI=1S/C16H25N5O/c1-13-6-2-3-11-21(13)16(22)19-14-7-4-10-20(12-14)15-17-8-5-9-18-15/h5,8-9,13-14H,2-4,6-7,10-12H2,1H3,(H,19,22). The van der Waals surface area contributed by atoms with Crippen LogP contribution in [0, 0.1) is 0 Å². The van der Waals surface area contributed by atoms with Gasteiger partial charge in [-0.1, -0.05) is 0 Å². The molecule has 1 aromatic heterocycles. The van der Waals surface area contributed by atoms with Crippen LogP contribution in [0.2, 0.25) is 0 Å². The topological polar surface area (TPSA) is 61.4 Å². The largest absolute Gasteiger partial charge is 0.339 e. The smallest absolute Gasteiger partial charge is 0.317 e. The lowest BCUT2D eigenvalue weighted by atomic mass is 10.0. The molecular formula is C16H25N5O. The molecule has 2 amide bonds. The second-order valence-corrected chi connectivity index (χ2v) is 6.32. The van der Waals surface area contributed by atoms with Gasteiger partial charge in [0.15, 0.2) is 0 Å². The number of amides is 2. The number of nitrogens with zero attached hydrogens (tertiary/aromatic N) is 4. The number of hydrogen-bond donors (Lipinski definition) is 1. The SMILES string of the molecule is CC1CCCCN1C(=O)NC1CCCN(c2ncccn2)C1. The van der Waals surface area contributed by atoms with Gasteiger partial charge in [-0.15, -0.1) is 0 Å². The Labute approximate surface area is 131 Å². The fourth-order valence-electron chi connectivity index (χ4n) is 3.39. The van der Waals surface area contributed by atoms with E-state index in [1.807, 2.05) is 11.0 Å². The van der Waals surface area contributed by atoms with E-state index in [0.717, 1.165) is 51.3 Å². The first-order valence-electron chi connectivity index (χ1n) is 8.33. The highest BCUT2D eigenvalue weighted by Gasteiger charge is 2.27. The molecule has 2 fully saturated rings. The molecule has 6 nitrogen and oxygen atoms in total. The number of anilines is 1. The van der Waals surface area contributed by atoms with Crippen LogP contribution in [0.4, 0.5) is 10.7 Å². The molecule has 1 aromatic rings. The van der Waals surface area contributed by atoms with Crippen molar-refractivity contribution in [2.24, 2.45) is 0 Å². The van der Waals surface area contributed by atoms with Gasteiger partial charge in [-0.05, 0) is 45.1 Å². The number of piperidine rings is 2. The van der Waals surface area contributed by atoms with E-state index < -0.39 is 0 Å². The van der Waals surface area contributed by atoms with E-state index in [-0.39, 0.29) is 12.1 Å². The third kappa shape index (κ3) is 3.48. The molecule has 6 heteroatoms. The lowest BCUT2D eigenvalue weighted by Gasteiger charge is -2.37. The molecule has 2 unspecified atom stereocenters. The van der Waals surface area contributed by atoms with Crippen LogP contribution < -0.4 is 10.2 Å². The number of nitrogens with one attached hydrogen (secondary N) is 1. The third-order valence-corrected chi connectivity index (χ3v) is 4.65. The Morgan fingerprint density at radius 2 is 2.00 bits per heavy atom. The Hall–Kier alpha value is -1.85. The van der Waals surface area contributed by atoms with Gasteiger partial charge in [0.25, 0.3) is 0 Å². The van der Waals surface area contributed by atoms with E-state index in [1.165, 1.54) is 6.42 Å². The average Bonchev–Trinajstić information content (AvgIpc) is 2.56. The van der Waals surface area contributed by atoms with Gasteiger partial charge in [0, 0.05) is 44.1 Å². The zero-order valence-electron chi connectivity index (χ0n) is 13.2. The van der Waals surface area contributed by atoms with Gasteiger partial charge < -0.3 is 15.1 Å². The minimum atomic E-state index is 0.0908. The first-order valence-corrected chi connectivity index (χ1v) is 8.33. The molecule has 0 spiro atoms. The van der Waals surface area contributed by atoms with E-state index in [4.69, 9.17) is 0 Å². The number of urea groups is 1. The summed E-state index contributed by atoms with van der Waals surface area (Å²) in [5, 5.41) is 3.21. The molecule has 2 aliphatic heterocycles. The maximum atomic E-state index is 12.5. The van der Waals surface area contributed by atoms with Crippen molar-refractivity contribution in [2.75, 3.05) is 24.5 Å². The predicted molar refractivity (Wildman–Crippen MR) is 85.8 cm³/mol. The Morgan fingerprint density at radius 1 is 1.18 bits per heavy atom. The van der Waals surface area contributed by atoms with Gasteiger partial charge in [-0.3, -0.25) is 0 Å². The van der Waals surface area contributed by atoms with Crippen molar-refractivity contribution in [3.63, 3.8) is 0 Å². The van der Waals surface area contributed by atoms with Gasteiger partial charge in [0.2, 0.25) is 5.95 Å². The fourth-order valence-corrected chi connectivity index (χ4v) is 3.39. The molecule has 22 heavy (non-hydrogen) atoms. The van der Waals surface area contributed by atoms with Crippen LogP contribution in [0.5, 0.6) is 0 Å². The van der Waals surface area contributed by atoms with E-state index in [1.54, 1.807) is 12.4 Å². The minimum absolute atomic E-state index is 0.0908. The Kier molecular flexibility index (Phi) is 4.75. The number of carbonyl (C=O) groups excluding carboxylic acids is 1. The summed E-state index contributed by atoms with van der Waals surface area (Å²) in [5.74, 6) is 0.757. The molecular weight excluding hydrogens is 278 g/mol. The van der Waals surface area contributed by atoms with E-state index in [2.05, 4.69) is 27.1 Å². The molecule has 0 aromatic carbocycles. The molecule has 3 rings (SSSR count). The van der Waals surface area contributed by atoms with E-state index in [9.17, 15) is 4.79 Å². The lowest BCUT2D eigenvalue weighted by Crippen LogP contribution is -2.54. The van der Waals surface area contributed by atoms with Crippen LogP contribution in [-0.2, 0) is 0 Å². The number of carbonyl (C=O) groups is 1. The van der Waals surface area contributed by atoms with Crippen LogP contribution in [0.1, 0.15) is 39.0 Å². The molecule has 1 N–H and O–H groups in total. The summed E-state index contributed by atoms with van der Waals surface area (Å²) in [7, 11) is 0. The highest BCUT2D eigenvalue weighted by atomic mass is 16.2.